The van der Waals surface area contributed by atoms with E-state index in [2.05, 4.69) is 10.2 Å². The van der Waals surface area contributed by atoms with Crippen molar-refractivity contribution in [3.8, 4) is 0 Å². The molecule has 0 spiro atoms. The summed E-state index contributed by atoms with van der Waals surface area (Å²) in [7, 11) is 3.97. The van der Waals surface area contributed by atoms with Crippen LogP contribution in [0.1, 0.15) is 6.42 Å². The topological polar surface area (TPSA) is 52.6 Å². The van der Waals surface area contributed by atoms with E-state index in [-0.39, 0.29) is 5.92 Å². The van der Waals surface area contributed by atoms with Crippen molar-refractivity contribution in [3.63, 3.8) is 0 Å². The third kappa shape index (κ3) is 2.19. The first-order valence-electron chi connectivity index (χ1n) is 4.21. The Morgan fingerprint density at radius 1 is 1.50 bits per heavy atom. The lowest BCUT2D eigenvalue weighted by molar-refractivity contribution is -0.142. The first-order valence-corrected chi connectivity index (χ1v) is 4.21. The van der Waals surface area contributed by atoms with Gasteiger partial charge in [-0.25, -0.2) is 0 Å². The predicted octanol–water partition coefficient (Wildman–Crippen LogP) is -0.389. The van der Waals surface area contributed by atoms with Crippen LogP contribution in [0, 0.1) is 5.92 Å². The van der Waals surface area contributed by atoms with Crippen LogP contribution in [-0.4, -0.2) is 49.2 Å². The molecule has 2 N–H and O–H groups in total. The van der Waals surface area contributed by atoms with Crippen LogP contribution in [-0.2, 0) is 4.79 Å². The molecule has 70 valence electrons. The number of likely N-dealkylation sites (N-methyl/N-ethyl adjacent to an activating group) is 1. The lowest BCUT2D eigenvalue weighted by Crippen LogP contribution is -2.48. The van der Waals surface area contributed by atoms with E-state index in [9.17, 15) is 4.79 Å². The fourth-order valence-electron chi connectivity index (χ4n) is 1.50. The second-order valence-electron chi connectivity index (χ2n) is 3.55. The molecule has 12 heavy (non-hydrogen) atoms. The van der Waals surface area contributed by atoms with Gasteiger partial charge in [-0.05, 0) is 20.5 Å². The lowest BCUT2D eigenvalue weighted by atomic mass is 9.95. The molecule has 0 amide bonds. The van der Waals surface area contributed by atoms with Crippen LogP contribution >= 0.6 is 0 Å². The number of hydrogen-bond donors (Lipinski definition) is 2. The standard InChI is InChI=1S/C8H16N2O2/c1-10(2)7-3-6(8(11)12)4-9-5-7/h6-7,9H,3-5H2,1-2H3,(H,11,12)/t6-,7-/m0/s1. The van der Waals surface area contributed by atoms with Crippen LogP contribution < -0.4 is 5.32 Å². The fraction of sp³-hybridized carbons (Fsp3) is 0.875. The van der Waals surface area contributed by atoms with Gasteiger partial charge in [0.1, 0.15) is 0 Å². The Hall–Kier alpha value is -0.610. The van der Waals surface area contributed by atoms with Crippen molar-refractivity contribution < 1.29 is 9.90 Å². The number of carboxylic acid groups (broad SMARTS) is 1. The Morgan fingerprint density at radius 2 is 2.17 bits per heavy atom. The summed E-state index contributed by atoms with van der Waals surface area (Å²) < 4.78 is 0. The molecule has 0 aliphatic carbocycles. The normalized spacial score (nSPS) is 30.6. The quantitative estimate of drug-likeness (QED) is 0.595. The van der Waals surface area contributed by atoms with Crippen molar-refractivity contribution in [1.29, 1.82) is 0 Å². The third-order valence-electron chi connectivity index (χ3n) is 2.41. The molecular formula is C8H16N2O2. The van der Waals surface area contributed by atoms with E-state index >= 15 is 0 Å². The van der Waals surface area contributed by atoms with Crippen molar-refractivity contribution in [3.05, 3.63) is 0 Å². The fourth-order valence-corrected chi connectivity index (χ4v) is 1.50. The van der Waals surface area contributed by atoms with Gasteiger partial charge in [-0.1, -0.05) is 0 Å². The summed E-state index contributed by atoms with van der Waals surface area (Å²) in [6.45, 7) is 1.51. The van der Waals surface area contributed by atoms with Crippen LogP contribution in [0.25, 0.3) is 0 Å². The molecule has 0 aromatic carbocycles. The Kier molecular flexibility index (Phi) is 3.05. The van der Waals surface area contributed by atoms with E-state index < -0.39 is 5.97 Å². The monoisotopic (exact) mass is 172 g/mol. The Labute approximate surface area is 72.6 Å². The number of nitrogens with zero attached hydrogens (tertiary/aromatic N) is 1. The maximum atomic E-state index is 10.7. The van der Waals surface area contributed by atoms with Gasteiger partial charge in [-0.3, -0.25) is 4.79 Å². The molecule has 0 saturated carbocycles. The smallest absolute Gasteiger partial charge is 0.307 e. The summed E-state index contributed by atoms with van der Waals surface area (Å²) in [4.78, 5) is 12.7. The predicted molar refractivity (Wildman–Crippen MR) is 46.1 cm³/mol. The van der Waals surface area contributed by atoms with Crippen molar-refractivity contribution in [2.75, 3.05) is 27.2 Å². The minimum absolute atomic E-state index is 0.217. The summed E-state index contributed by atoms with van der Waals surface area (Å²) in [6.07, 6.45) is 0.759. The average Bonchev–Trinajstić information content (AvgIpc) is 2.04. The highest BCUT2D eigenvalue weighted by atomic mass is 16.4. The average molecular weight is 172 g/mol. The number of carboxylic acids is 1. The molecular weight excluding hydrogens is 156 g/mol. The second kappa shape index (κ2) is 3.87. The summed E-state index contributed by atoms with van der Waals surface area (Å²) in [6, 6.07) is 0.361. The van der Waals surface area contributed by atoms with E-state index in [1.54, 1.807) is 0 Å². The number of piperidine rings is 1. The van der Waals surface area contributed by atoms with Gasteiger partial charge in [0.2, 0.25) is 0 Å². The number of aliphatic carboxylic acids is 1. The first-order chi connectivity index (χ1) is 5.61. The molecule has 1 aliphatic heterocycles. The van der Waals surface area contributed by atoms with Crippen molar-refractivity contribution in [2.45, 2.75) is 12.5 Å². The van der Waals surface area contributed by atoms with Gasteiger partial charge in [0.05, 0.1) is 5.92 Å². The molecule has 4 nitrogen and oxygen atoms in total. The maximum Gasteiger partial charge on any atom is 0.307 e. The molecule has 0 radical (unpaired) electrons. The molecule has 1 rings (SSSR count). The van der Waals surface area contributed by atoms with Crippen LogP contribution in [0.3, 0.4) is 0 Å². The molecule has 0 unspecified atom stereocenters. The lowest BCUT2D eigenvalue weighted by Gasteiger charge is -2.32. The Balaban J connectivity index is 2.46. The molecule has 2 atom stereocenters. The van der Waals surface area contributed by atoms with Gasteiger partial charge >= 0.3 is 5.97 Å². The molecule has 1 aliphatic rings. The van der Waals surface area contributed by atoms with Crippen LogP contribution in [0.15, 0.2) is 0 Å². The molecule has 0 bridgehead atoms. The SMILES string of the molecule is CN(C)[C@@H]1CNC[C@@H](C(=O)O)C1. The van der Waals surface area contributed by atoms with Crippen molar-refractivity contribution in [2.24, 2.45) is 5.92 Å². The maximum absolute atomic E-state index is 10.7. The van der Waals surface area contributed by atoms with Crippen LogP contribution in [0.2, 0.25) is 0 Å². The third-order valence-corrected chi connectivity index (χ3v) is 2.41. The van der Waals surface area contributed by atoms with Gasteiger partial charge in [-0.15, -0.1) is 0 Å². The minimum atomic E-state index is -0.686. The summed E-state index contributed by atoms with van der Waals surface area (Å²) in [5.41, 5.74) is 0. The van der Waals surface area contributed by atoms with Crippen molar-refractivity contribution in [1.82, 2.24) is 10.2 Å². The zero-order valence-corrected chi connectivity index (χ0v) is 7.58. The molecule has 0 aromatic rings. The minimum Gasteiger partial charge on any atom is -0.481 e. The molecule has 1 fully saturated rings. The Bertz CT molecular complexity index is 170. The van der Waals surface area contributed by atoms with Crippen LogP contribution in [0.4, 0.5) is 0 Å². The van der Waals surface area contributed by atoms with Gasteiger partial charge in [0, 0.05) is 19.1 Å². The second-order valence-corrected chi connectivity index (χ2v) is 3.55. The molecule has 1 heterocycles. The molecule has 1 saturated heterocycles. The van der Waals surface area contributed by atoms with E-state index in [0.29, 0.717) is 12.6 Å². The summed E-state index contributed by atoms with van der Waals surface area (Å²) >= 11 is 0. The largest absolute Gasteiger partial charge is 0.481 e. The number of rotatable bonds is 2. The number of carbonyl (C=O) groups is 1. The Morgan fingerprint density at radius 3 is 2.67 bits per heavy atom. The zero-order valence-electron chi connectivity index (χ0n) is 7.58. The number of hydrogen-bond acceptors (Lipinski definition) is 3. The zero-order chi connectivity index (χ0) is 9.14. The van der Waals surface area contributed by atoms with Crippen molar-refractivity contribution >= 4 is 5.97 Å². The highest BCUT2D eigenvalue weighted by Gasteiger charge is 2.27. The van der Waals surface area contributed by atoms with Gasteiger partial charge in [-0.2, -0.15) is 0 Å². The van der Waals surface area contributed by atoms with E-state index in [1.807, 2.05) is 14.1 Å². The first kappa shape index (κ1) is 9.48. The number of nitrogens with one attached hydrogen (secondary N) is 1. The van der Waals surface area contributed by atoms with E-state index in [0.717, 1.165) is 13.0 Å². The van der Waals surface area contributed by atoms with Gasteiger partial charge < -0.3 is 15.3 Å². The molecule has 4 heteroatoms. The van der Waals surface area contributed by atoms with Crippen LogP contribution in [0.5, 0.6) is 0 Å². The molecule has 0 aromatic heterocycles. The highest BCUT2D eigenvalue weighted by Crippen LogP contribution is 2.13. The van der Waals surface area contributed by atoms with Gasteiger partial charge in [0.15, 0.2) is 0 Å². The van der Waals surface area contributed by atoms with Gasteiger partial charge in [0.25, 0.3) is 0 Å². The van der Waals surface area contributed by atoms with E-state index in [4.69, 9.17) is 5.11 Å². The highest BCUT2D eigenvalue weighted by molar-refractivity contribution is 5.70. The van der Waals surface area contributed by atoms with E-state index in [1.165, 1.54) is 0 Å². The summed E-state index contributed by atoms with van der Waals surface area (Å²) in [5, 5.41) is 11.9. The summed E-state index contributed by atoms with van der Waals surface area (Å²) in [5.74, 6) is -0.903.